The van der Waals surface area contributed by atoms with Gasteiger partial charge in [-0.3, -0.25) is 15.2 Å². The van der Waals surface area contributed by atoms with E-state index >= 15 is 0 Å². The molecule has 1 aromatic heterocycles. The largest absolute Gasteiger partial charge is 0.489 e. The summed E-state index contributed by atoms with van der Waals surface area (Å²) < 4.78 is 66.3. The van der Waals surface area contributed by atoms with E-state index in [1.165, 1.54) is 6.20 Å². The minimum absolute atomic E-state index is 0.0356. The van der Waals surface area contributed by atoms with Crippen molar-refractivity contribution in [2.24, 2.45) is 0 Å². The van der Waals surface area contributed by atoms with E-state index in [1.54, 1.807) is 24.4 Å². The van der Waals surface area contributed by atoms with Crippen LogP contribution in [0.3, 0.4) is 0 Å². The Kier molecular flexibility index (Phi) is 11.7. The first-order valence-electron chi connectivity index (χ1n) is 17.5. The van der Waals surface area contributed by atoms with Crippen LogP contribution in [0, 0.1) is 13.8 Å². The number of hydrogen-bond donors (Lipinski definition) is 2. The normalized spacial score (nSPS) is 18.4. The Balaban J connectivity index is 0.997. The summed E-state index contributed by atoms with van der Waals surface area (Å²) in [7, 11) is 0. The Morgan fingerprint density at radius 1 is 1.11 bits per heavy atom. The lowest BCUT2D eigenvalue weighted by atomic mass is 9.85. The molecule has 0 aliphatic carbocycles. The number of morpholine rings is 1. The third-order valence-corrected chi connectivity index (χ3v) is 10.4. The zero-order valence-corrected chi connectivity index (χ0v) is 31.8. The number of aromatic nitrogens is 2. The van der Waals surface area contributed by atoms with Crippen molar-refractivity contribution >= 4 is 44.7 Å². The van der Waals surface area contributed by atoms with Crippen molar-refractivity contribution in [1.29, 1.82) is 0 Å². The standard InChI is InChI=1S/C38H44BrF3N6O5/c1-23-14-34(31(17-30(23)39)45-36(49)46-35-20-43-24(2)19-44-35)52-22-27-21-47(9-13-51-27)8-11-50-12-10-48-32-18-33-28(16-26(32)6-7-37(48,4)5)29(38(40,41)42)15-25(3)53-33/h14-20,27H,3,6-13,21-22H2,1-2,4-5H3,(H2,44,45,46,49)/t27-/m0/s1. The van der Waals surface area contributed by atoms with Gasteiger partial charge in [-0.1, -0.05) is 22.5 Å². The first-order valence-corrected chi connectivity index (χ1v) is 18.3. The first kappa shape index (κ1) is 38.5. The van der Waals surface area contributed by atoms with Crippen LogP contribution in [0.4, 0.5) is 35.2 Å². The van der Waals surface area contributed by atoms with Crippen LogP contribution in [0.1, 0.15) is 42.7 Å². The summed E-state index contributed by atoms with van der Waals surface area (Å²) in [5.41, 5.74) is 2.99. The fourth-order valence-corrected chi connectivity index (χ4v) is 6.99. The molecule has 4 heterocycles. The Labute approximate surface area is 315 Å². The highest BCUT2D eigenvalue weighted by Crippen LogP contribution is 2.47. The SMILES string of the molecule is C=C1C=C(C(F)(F)F)c2cc3c(cc2O1)N(CCOCCN1CCO[C@H](COc2cc(C)c(Br)cc2NC(=O)Nc2cnc(C)cn2)C1)C(C)(C)CC3. The quantitative estimate of drug-likeness (QED) is 0.189. The van der Waals surface area contributed by atoms with E-state index in [2.05, 4.69) is 66.8 Å². The molecule has 6 rings (SSSR count). The molecule has 15 heteroatoms. The average Bonchev–Trinajstić information content (AvgIpc) is 3.09. The molecule has 0 saturated carbocycles. The van der Waals surface area contributed by atoms with Crippen molar-refractivity contribution in [2.45, 2.75) is 58.4 Å². The maximum absolute atomic E-state index is 13.8. The number of carbonyl (C=O) groups is 1. The molecule has 3 aromatic rings. The number of aryl methyl sites for hydroxylation is 3. The minimum Gasteiger partial charge on any atom is -0.489 e. The van der Waals surface area contributed by atoms with E-state index < -0.39 is 17.8 Å². The number of alkyl halides is 3. The molecule has 1 fully saturated rings. The van der Waals surface area contributed by atoms with Gasteiger partial charge in [0.15, 0.2) is 5.82 Å². The number of anilines is 3. The molecule has 53 heavy (non-hydrogen) atoms. The molecule has 11 nitrogen and oxygen atoms in total. The van der Waals surface area contributed by atoms with Crippen LogP contribution in [0.2, 0.25) is 0 Å². The van der Waals surface area contributed by atoms with Crippen LogP contribution in [0.25, 0.3) is 5.57 Å². The zero-order valence-electron chi connectivity index (χ0n) is 30.2. The van der Waals surface area contributed by atoms with Crippen molar-refractivity contribution in [2.75, 3.05) is 68.1 Å². The van der Waals surface area contributed by atoms with Crippen molar-refractivity contribution in [3.8, 4) is 11.5 Å². The number of ether oxygens (including phenoxy) is 4. The molecule has 3 aliphatic rings. The van der Waals surface area contributed by atoms with Gasteiger partial charge in [0, 0.05) is 53.5 Å². The monoisotopic (exact) mass is 800 g/mol. The molecular formula is C38H44BrF3N6O5. The second-order valence-electron chi connectivity index (χ2n) is 14.0. The third-order valence-electron chi connectivity index (χ3n) is 9.54. The van der Waals surface area contributed by atoms with Crippen molar-refractivity contribution in [1.82, 2.24) is 14.9 Å². The molecule has 0 unspecified atom stereocenters. The molecule has 284 valence electrons. The predicted molar refractivity (Wildman–Crippen MR) is 201 cm³/mol. The maximum atomic E-state index is 13.8. The van der Waals surface area contributed by atoms with Crippen LogP contribution in [-0.2, 0) is 15.9 Å². The summed E-state index contributed by atoms with van der Waals surface area (Å²) in [6.07, 6.45) is 0.772. The topological polar surface area (TPSA) is 110 Å². The molecule has 3 aliphatic heterocycles. The highest BCUT2D eigenvalue weighted by Gasteiger charge is 2.40. The van der Waals surface area contributed by atoms with Gasteiger partial charge >= 0.3 is 12.2 Å². The number of nitrogens with zero attached hydrogens (tertiary/aromatic N) is 4. The number of benzene rings is 2. The van der Waals surface area contributed by atoms with Gasteiger partial charge in [-0.05, 0) is 75.9 Å². The van der Waals surface area contributed by atoms with E-state index in [0.29, 0.717) is 63.1 Å². The summed E-state index contributed by atoms with van der Waals surface area (Å²) >= 11 is 3.53. The molecular weight excluding hydrogens is 757 g/mol. The average molecular weight is 802 g/mol. The number of urea groups is 1. The smallest absolute Gasteiger partial charge is 0.417 e. The minimum atomic E-state index is -4.51. The molecule has 2 amide bonds. The predicted octanol–water partition coefficient (Wildman–Crippen LogP) is 7.68. The Morgan fingerprint density at radius 2 is 1.91 bits per heavy atom. The molecule has 0 spiro atoms. The fourth-order valence-electron chi connectivity index (χ4n) is 6.65. The van der Waals surface area contributed by atoms with Crippen LogP contribution in [0.5, 0.6) is 11.5 Å². The summed E-state index contributed by atoms with van der Waals surface area (Å²) in [4.78, 5) is 25.5. The van der Waals surface area contributed by atoms with Gasteiger partial charge in [0.25, 0.3) is 0 Å². The van der Waals surface area contributed by atoms with E-state index in [-0.39, 0.29) is 35.3 Å². The zero-order chi connectivity index (χ0) is 37.9. The number of rotatable bonds is 11. The number of hydrogen-bond acceptors (Lipinski definition) is 9. The molecule has 2 aromatic carbocycles. The van der Waals surface area contributed by atoms with Gasteiger partial charge in [0.2, 0.25) is 0 Å². The highest BCUT2D eigenvalue weighted by atomic mass is 79.9. The summed E-state index contributed by atoms with van der Waals surface area (Å²) in [5.74, 6) is 0.966. The van der Waals surface area contributed by atoms with Gasteiger partial charge in [-0.15, -0.1) is 0 Å². The van der Waals surface area contributed by atoms with E-state index in [1.807, 2.05) is 19.9 Å². The summed E-state index contributed by atoms with van der Waals surface area (Å²) in [6.45, 7) is 16.1. The maximum Gasteiger partial charge on any atom is 0.417 e. The summed E-state index contributed by atoms with van der Waals surface area (Å²) in [6, 6.07) is 6.51. The van der Waals surface area contributed by atoms with Crippen LogP contribution < -0.4 is 25.0 Å². The number of nitrogens with one attached hydrogen (secondary N) is 2. The van der Waals surface area contributed by atoms with Crippen LogP contribution >= 0.6 is 15.9 Å². The van der Waals surface area contributed by atoms with Gasteiger partial charge in [0.1, 0.15) is 30.0 Å². The first-order chi connectivity index (χ1) is 25.2. The van der Waals surface area contributed by atoms with Gasteiger partial charge in [-0.2, -0.15) is 13.2 Å². The van der Waals surface area contributed by atoms with Crippen molar-refractivity contribution in [3.63, 3.8) is 0 Å². The molecule has 1 saturated heterocycles. The van der Waals surface area contributed by atoms with Gasteiger partial charge < -0.3 is 29.2 Å². The second-order valence-corrected chi connectivity index (χ2v) is 14.9. The number of halogens is 4. The van der Waals surface area contributed by atoms with Gasteiger partial charge in [0.05, 0.1) is 49.2 Å². The molecule has 1 atom stereocenters. The lowest BCUT2D eigenvalue weighted by Gasteiger charge is -2.45. The van der Waals surface area contributed by atoms with Crippen LogP contribution in [0.15, 0.2) is 59.5 Å². The Bertz CT molecular complexity index is 1870. The van der Waals surface area contributed by atoms with Gasteiger partial charge in [-0.25, -0.2) is 9.78 Å². The second kappa shape index (κ2) is 16.0. The van der Waals surface area contributed by atoms with E-state index in [4.69, 9.17) is 18.9 Å². The van der Waals surface area contributed by atoms with Crippen LogP contribution in [-0.4, -0.2) is 91.3 Å². The molecule has 0 bridgehead atoms. The Morgan fingerprint density at radius 3 is 2.66 bits per heavy atom. The Hall–Kier alpha value is -4.18. The number of amides is 2. The number of carbonyl (C=O) groups excluding carboxylic acids is 1. The van der Waals surface area contributed by atoms with E-state index in [9.17, 15) is 18.0 Å². The molecule has 2 N–H and O–H groups in total. The molecule has 0 radical (unpaired) electrons. The lowest BCUT2D eigenvalue weighted by Crippen LogP contribution is -2.49. The van der Waals surface area contributed by atoms with Crippen molar-refractivity contribution < 1.29 is 36.9 Å². The number of allylic oxidation sites excluding steroid dienone is 2. The fraction of sp³-hybridized carbons (Fsp3) is 0.447. The highest BCUT2D eigenvalue weighted by molar-refractivity contribution is 9.10. The number of fused-ring (bicyclic) bond motifs is 2. The van der Waals surface area contributed by atoms with Crippen molar-refractivity contribution in [3.05, 3.63) is 81.9 Å². The lowest BCUT2D eigenvalue weighted by molar-refractivity contribution is -0.0694. The van der Waals surface area contributed by atoms with E-state index in [0.717, 1.165) is 46.0 Å². The third kappa shape index (κ3) is 9.50. The summed E-state index contributed by atoms with van der Waals surface area (Å²) in [5, 5.41) is 5.52.